The molecule has 2 heterocycles. The van der Waals surface area contributed by atoms with Crippen LogP contribution >= 0.6 is 0 Å². The lowest BCUT2D eigenvalue weighted by Crippen LogP contribution is -2.29. The van der Waals surface area contributed by atoms with Crippen molar-refractivity contribution in [3.8, 4) is 0 Å². The molecular weight excluding hydrogens is 334 g/mol. The number of rotatable bonds is 5. The largest absolute Gasteiger partial charge is 0.465 e. The first-order valence-corrected chi connectivity index (χ1v) is 9.48. The van der Waals surface area contributed by atoms with Crippen LogP contribution in [0.1, 0.15) is 18.2 Å². The van der Waals surface area contributed by atoms with Gasteiger partial charge in [-0.25, -0.2) is 8.42 Å². The van der Waals surface area contributed by atoms with Crippen molar-refractivity contribution in [2.45, 2.75) is 18.7 Å². The van der Waals surface area contributed by atoms with E-state index in [1.165, 1.54) is 4.31 Å². The van der Waals surface area contributed by atoms with Gasteiger partial charge in [0.15, 0.2) is 0 Å². The molecule has 0 saturated carbocycles. The molecule has 0 amide bonds. The third kappa shape index (κ3) is 3.67. The Labute approximate surface area is 148 Å². The number of aryl methyl sites for hydroxylation is 1. The summed E-state index contributed by atoms with van der Waals surface area (Å²) in [4.78, 5) is 0.315. The lowest BCUT2D eigenvalue weighted by atomic mass is 10.1. The molecule has 0 bridgehead atoms. The fourth-order valence-electron chi connectivity index (χ4n) is 2.78. The predicted molar refractivity (Wildman–Crippen MR) is 99.5 cm³/mol. The molecule has 0 spiro atoms. The molecule has 0 atom stereocenters. The minimum atomic E-state index is -3.53. The normalized spacial score (nSPS) is 16.1. The Bertz CT molecular complexity index is 933. The Hall–Kier alpha value is -2.37. The average Bonchev–Trinajstić information content (AvgIpc) is 3.23. The van der Waals surface area contributed by atoms with Crippen molar-refractivity contribution in [3.63, 3.8) is 0 Å². The van der Waals surface area contributed by atoms with Crippen LogP contribution in [-0.4, -0.2) is 25.8 Å². The van der Waals surface area contributed by atoms with Gasteiger partial charge in [-0.2, -0.15) is 4.31 Å². The molecular formula is C20H21NO3S. The van der Waals surface area contributed by atoms with E-state index in [4.69, 9.17) is 4.42 Å². The molecule has 0 fully saturated rings. The van der Waals surface area contributed by atoms with E-state index in [-0.39, 0.29) is 0 Å². The second-order valence-corrected chi connectivity index (χ2v) is 8.16. The monoisotopic (exact) mass is 355 g/mol. The van der Waals surface area contributed by atoms with Crippen LogP contribution in [0.25, 0.3) is 6.08 Å². The molecule has 25 heavy (non-hydrogen) atoms. The molecule has 130 valence electrons. The quantitative estimate of drug-likeness (QED) is 0.808. The molecule has 1 aliphatic rings. The Morgan fingerprint density at radius 2 is 1.88 bits per heavy atom. The standard InChI is InChI=1S/C20H21NO3S/c1-15(2)20-14-21(13-17(20)8-9-18-5-4-12-24-18)25(22,23)19-10-6-16(3)7-11-19/h4-12H,1,13-14H2,2-3H3/b9-8+. The topological polar surface area (TPSA) is 50.5 Å². The molecule has 1 aliphatic heterocycles. The van der Waals surface area contributed by atoms with E-state index in [1.54, 1.807) is 18.4 Å². The van der Waals surface area contributed by atoms with Crippen molar-refractivity contribution in [1.82, 2.24) is 4.31 Å². The van der Waals surface area contributed by atoms with Crippen molar-refractivity contribution >= 4 is 16.1 Å². The third-order valence-corrected chi connectivity index (χ3v) is 6.04. The van der Waals surface area contributed by atoms with Gasteiger partial charge in [-0.1, -0.05) is 35.9 Å². The first kappa shape index (κ1) is 17.5. The van der Waals surface area contributed by atoms with Crippen LogP contribution in [0, 0.1) is 6.92 Å². The van der Waals surface area contributed by atoms with Crippen LogP contribution in [0.3, 0.4) is 0 Å². The van der Waals surface area contributed by atoms with Crippen molar-refractivity contribution in [2.75, 3.05) is 13.1 Å². The number of benzene rings is 1. The molecule has 3 rings (SSSR count). The van der Waals surface area contributed by atoms with Crippen molar-refractivity contribution in [1.29, 1.82) is 0 Å². The molecule has 0 saturated heterocycles. The fraction of sp³-hybridized carbons (Fsp3) is 0.200. The van der Waals surface area contributed by atoms with Crippen molar-refractivity contribution in [2.24, 2.45) is 0 Å². The van der Waals surface area contributed by atoms with E-state index >= 15 is 0 Å². The summed E-state index contributed by atoms with van der Waals surface area (Å²) in [5, 5.41) is 0. The van der Waals surface area contributed by atoms with E-state index in [2.05, 4.69) is 6.58 Å². The van der Waals surface area contributed by atoms with Gasteiger partial charge >= 0.3 is 0 Å². The van der Waals surface area contributed by atoms with Crippen LogP contribution in [-0.2, 0) is 10.0 Å². The van der Waals surface area contributed by atoms with Gasteiger partial charge in [0.2, 0.25) is 10.0 Å². The molecule has 0 unspecified atom stereocenters. The van der Waals surface area contributed by atoms with Gasteiger partial charge < -0.3 is 4.42 Å². The summed E-state index contributed by atoms with van der Waals surface area (Å²) >= 11 is 0. The van der Waals surface area contributed by atoms with Gasteiger partial charge in [-0.05, 0) is 55.3 Å². The fourth-order valence-corrected chi connectivity index (χ4v) is 4.17. The number of sulfonamides is 1. The highest BCUT2D eigenvalue weighted by Crippen LogP contribution is 2.29. The minimum Gasteiger partial charge on any atom is -0.465 e. The summed E-state index contributed by atoms with van der Waals surface area (Å²) in [6.45, 7) is 8.50. The SMILES string of the molecule is C=C(C)C1=C(/C=C/c2ccco2)CN(S(=O)(=O)c2ccc(C)cc2)C1. The smallest absolute Gasteiger partial charge is 0.243 e. The predicted octanol–water partition coefficient (Wildman–Crippen LogP) is 4.18. The molecule has 0 N–H and O–H groups in total. The number of nitrogens with zero attached hydrogens (tertiary/aromatic N) is 1. The highest BCUT2D eigenvalue weighted by molar-refractivity contribution is 7.89. The maximum absolute atomic E-state index is 12.9. The molecule has 4 nitrogen and oxygen atoms in total. The molecule has 1 aromatic heterocycles. The van der Waals surface area contributed by atoms with Gasteiger partial charge in [0.05, 0.1) is 11.2 Å². The zero-order valence-corrected chi connectivity index (χ0v) is 15.2. The zero-order chi connectivity index (χ0) is 18.0. The molecule has 2 aromatic rings. The Kier molecular flexibility index (Phi) is 4.79. The van der Waals surface area contributed by atoms with Gasteiger partial charge in [-0.15, -0.1) is 0 Å². The van der Waals surface area contributed by atoms with Crippen LogP contribution < -0.4 is 0 Å². The van der Waals surface area contributed by atoms with Crippen LogP contribution in [0.5, 0.6) is 0 Å². The summed E-state index contributed by atoms with van der Waals surface area (Å²) in [7, 11) is -3.53. The maximum atomic E-state index is 12.9. The summed E-state index contributed by atoms with van der Waals surface area (Å²) in [5.41, 5.74) is 3.81. The van der Waals surface area contributed by atoms with Gasteiger partial charge in [-0.3, -0.25) is 0 Å². The Balaban J connectivity index is 1.87. The van der Waals surface area contributed by atoms with Crippen LogP contribution in [0.15, 0.2) is 81.3 Å². The van der Waals surface area contributed by atoms with E-state index in [0.29, 0.717) is 18.0 Å². The second kappa shape index (κ2) is 6.86. The van der Waals surface area contributed by atoms with E-state index < -0.39 is 10.0 Å². The second-order valence-electron chi connectivity index (χ2n) is 6.22. The maximum Gasteiger partial charge on any atom is 0.243 e. The van der Waals surface area contributed by atoms with Crippen LogP contribution in [0.2, 0.25) is 0 Å². The molecule has 0 radical (unpaired) electrons. The summed E-state index contributed by atoms with van der Waals surface area (Å²) in [5.74, 6) is 0.730. The summed E-state index contributed by atoms with van der Waals surface area (Å²) in [6.07, 6.45) is 5.37. The Morgan fingerprint density at radius 3 is 2.48 bits per heavy atom. The highest BCUT2D eigenvalue weighted by atomic mass is 32.2. The number of hydrogen-bond donors (Lipinski definition) is 0. The average molecular weight is 355 g/mol. The van der Waals surface area contributed by atoms with Crippen LogP contribution in [0.4, 0.5) is 0 Å². The van der Waals surface area contributed by atoms with Crippen molar-refractivity contribution in [3.05, 3.63) is 83.4 Å². The summed E-state index contributed by atoms with van der Waals surface area (Å²) in [6, 6.07) is 10.6. The minimum absolute atomic E-state index is 0.315. The highest BCUT2D eigenvalue weighted by Gasteiger charge is 2.31. The van der Waals surface area contributed by atoms with Gasteiger partial charge in [0.25, 0.3) is 0 Å². The molecule has 5 heteroatoms. The van der Waals surface area contributed by atoms with E-state index in [0.717, 1.165) is 28.0 Å². The molecule has 1 aromatic carbocycles. The lowest BCUT2D eigenvalue weighted by Gasteiger charge is -2.17. The lowest BCUT2D eigenvalue weighted by molar-refractivity contribution is 0.483. The first-order valence-electron chi connectivity index (χ1n) is 8.04. The number of furan rings is 1. The third-order valence-electron chi connectivity index (χ3n) is 4.23. The van der Waals surface area contributed by atoms with Gasteiger partial charge in [0, 0.05) is 13.1 Å². The van der Waals surface area contributed by atoms with Gasteiger partial charge in [0.1, 0.15) is 5.76 Å². The first-order chi connectivity index (χ1) is 11.9. The van der Waals surface area contributed by atoms with E-state index in [9.17, 15) is 8.42 Å². The summed E-state index contributed by atoms with van der Waals surface area (Å²) < 4.78 is 32.6. The molecule has 0 aliphatic carbocycles. The zero-order valence-electron chi connectivity index (χ0n) is 14.4. The van der Waals surface area contributed by atoms with E-state index in [1.807, 2.05) is 50.3 Å². The van der Waals surface area contributed by atoms with Crippen molar-refractivity contribution < 1.29 is 12.8 Å². The Morgan fingerprint density at radius 1 is 1.16 bits per heavy atom. The number of hydrogen-bond acceptors (Lipinski definition) is 3.